The molecule has 0 radical (unpaired) electrons. The van der Waals surface area contributed by atoms with Gasteiger partial charge in [-0.1, -0.05) is 108 Å². The summed E-state index contributed by atoms with van der Waals surface area (Å²) in [6.07, 6.45) is 5.64. The van der Waals surface area contributed by atoms with Crippen LogP contribution in [-0.2, 0) is 29.0 Å². The lowest BCUT2D eigenvalue weighted by Gasteiger charge is -2.34. The van der Waals surface area contributed by atoms with E-state index in [0.29, 0.717) is 37.6 Å². The second kappa shape index (κ2) is 13.7. The van der Waals surface area contributed by atoms with Crippen molar-refractivity contribution in [2.75, 3.05) is 0 Å². The van der Waals surface area contributed by atoms with Crippen LogP contribution < -0.4 is 5.32 Å². The maximum Gasteiger partial charge on any atom is 0.243 e. The molecule has 0 aromatic heterocycles. The van der Waals surface area contributed by atoms with Gasteiger partial charge in [-0.2, -0.15) is 0 Å². The topological polar surface area (TPSA) is 49.4 Å². The van der Waals surface area contributed by atoms with Crippen molar-refractivity contribution >= 4 is 58.2 Å². The van der Waals surface area contributed by atoms with Crippen molar-refractivity contribution in [1.29, 1.82) is 0 Å². The van der Waals surface area contributed by atoms with Crippen LogP contribution in [0.2, 0.25) is 20.1 Å². The van der Waals surface area contributed by atoms with E-state index in [1.54, 1.807) is 41.3 Å². The van der Waals surface area contributed by atoms with Gasteiger partial charge in [0, 0.05) is 34.6 Å². The highest BCUT2D eigenvalue weighted by molar-refractivity contribution is 6.42. The molecule has 1 saturated carbocycles. The molecule has 2 amide bonds. The van der Waals surface area contributed by atoms with E-state index in [0.717, 1.165) is 31.2 Å². The first-order valence-corrected chi connectivity index (χ1v) is 14.3. The van der Waals surface area contributed by atoms with Gasteiger partial charge in [-0.25, -0.2) is 0 Å². The first-order chi connectivity index (χ1) is 18.3. The Morgan fingerprint density at radius 1 is 0.789 bits per heavy atom. The third kappa shape index (κ3) is 7.66. The van der Waals surface area contributed by atoms with E-state index in [4.69, 9.17) is 46.4 Å². The van der Waals surface area contributed by atoms with Crippen molar-refractivity contribution in [3.8, 4) is 0 Å². The molecule has 3 aromatic rings. The summed E-state index contributed by atoms with van der Waals surface area (Å²) in [7, 11) is 0. The summed E-state index contributed by atoms with van der Waals surface area (Å²) in [4.78, 5) is 29.4. The zero-order valence-electron chi connectivity index (χ0n) is 20.9. The van der Waals surface area contributed by atoms with Crippen LogP contribution in [0.25, 0.3) is 0 Å². The molecule has 0 heterocycles. The zero-order valence-corrected chi connectivity index (χ0v) is 24.0. The minimum absolute atomic E-state index is 0.0426. The van der Waals surface area contributed by atoms with Crippen molar-refractivity contribution in [1.82, 2.24) is 10.2 Å². The molecule has 1 fully saturated rings. The molecule has 0 saturated heterocycles. The van der Waals surface area contributed by atoms with Gasteiger partial charge in [-0.3, -0.25) is 9.59 Å². The van der Waals surface area contributed by atoms with E-state index in [9.17, 15) is 9.59 Å². The van der Waals surface area contributed by atoms with E-state index >= 15 is 0 Å². The second-order valence-corrected chi connectivity index (χ2v) is 11.3. The molecule has 8 heteroatoms. The number of nitrogens with one attached hydrogen (secondary N) is 1. The van der Waals surface area contributed by atoms with Crippen LogP contribution in [0, 0.1) is 0 Å². The number of amides is 2. The Kier molecular flexibility index (Phi) is 10.4. The fraction of sp³-hybridized carbons (Fsp3) is 0.333. The Balaban J connectivity index is 1.70. The third-order valence-electron chi connectivity index (χ3n) is 6.95. The lowest BCUT2D eigenvalue weighted by Crippen LogP contribution is -2.53. The predicted molar refractivity (Wildman–Crippen MR) is 156 cm³/mol. The van der Waals surface area contributed by atoms with Gasteiger partial charge in [-0.05, 0) is 48.2 Å². The first kappa shape index (κ1) is 28.8. The van der Waals surface area contributed by atoms with Crippen LogP contribution >= 0.6 is 46.4 Å². The average molecular weight is 592 g/mol. The van der Waals surface area contributed by atoms with Crippen molar-refractivity contribution in [3.05, 3.63) is 104 Å². The molecule has 200 valence electrons. The SMILES string of the molecule is O=C(NC1CCCCC1)[C@@H](Cc1ccccc1)N(Cc1c(Cl)cccc1Cl)C(=O)Cc1ccc(Cl)c(Cl)c1. The molecule has 1 atom stereocenters. The molecule has 0 aliphatic heterocycles. The minimum atomic E-state index is -0.762. The van der Waals surface area contributed by atoms with Crippen LogP contribution in [0.15, 0.2) is 66.7 Å². The summed E-state index contributed by atoms with van der Waals surface area (Å²) in [6.45, 7) is 0.0915. The smallest absolute Gasteiger partial charge is 0.243 e. The van der Waals surface area contributed by atoms with Crippen LogP contribution in [0.5, 0.6) is 0 Å². The Hall–Kier alpha value is -2.24. The molecular formula is C30H30Cl4N2O2. The maximum atomic E-state index is 13.9. The third-order valence-corrected chi connectivity index (χ3v) is 8.40. The van der Waals surface area contributed by atoms with Gasteiger partial charge in [0.2, 0.25) is 11.8 Å². The lowest BCUT2D eigenvalue weighted by atomic mass is 9.94. The van der Waals surface area contributed by atoms with Crippen LogP contribution in [0.3, 0.4) is 0 Å². The molecule has 38 heavy (non-hydrogen) atoms. The van der Waals surface area contributed by atoms with Crippen molar-refractivity contribution in [3.63, 3.8) is 0 Å². The standard InChI is InChI=1S/C30H30Cl4N2O2/c31-24-12-7-13-25(32)23(24)19-36(29(37)18-21-14-15-26(33)27(34)16-21)28(17-20-8-3-1-4-9-20)30(38)35-22-10-5-2-6-11-22/h1,3-4,7-9,12-16,22,28H,2,5-6,10-11,17-19H2,(H,35,38)/t28-/m1/s1. The Bertz CT molecular complexity index is 1240. The minimum Gasteiger partial charge on any atom is -0.352 e. The average Bonchev–Trinajstić information content (AvgIpc) is 2.91. The van der Waals surface area contributed by atoms with Gasteiger partial charge < -0.3 is 10.2 Å². The molecule has 3 aromatic carbocycles. The van der Waals surface area contributed by atoms with Crippen molar-refractivity contribution in [2.45, 2.75) is 63.6 Å². The fourth-order valence-electron chi connectivity index (χ4n) is 4.88. The monoisotopic (exact) mass is 590 g/mol. The van der Waals surface area contributed by atoms with Crippen molar-refractivity contribution in [2.24, 2.45) is 0 Å². The van der Waals surface area contributed by atoms with E-state index in [1.165, 1.54) is 6.42 Å². The second-order valence-electron chi connectivity index (χ2n) is 9.70. The largest absolute Gasteiger partial charge is 0.352 e. The Labute approximate surface area is 244 Å². The molecule has 4 nitrogen and oxygen atoms in total. The highest BCUT2D eigenvalue weighted by atomic mass is 35.5. The molecular weight excluding hydrogens is 562 g/mol. The molecule has 4 rings (SSSR count). The lowest BCUT2D eigenvalue weighted by molar-refractivity contribution is -0.141. The van der Waals surface area contributed by atoms with Crippen molar-refractivity contribution < 1.29 is 9.59 Å². The number of carbonyl (C=O) groups is 2. The maximum absolute atomic E-state index is 13.9. The summed E-state index contributed by atoms with van der Waals surface area (Å²) in [5.41, 5.74) is 2.25. The first-order valence-electron chi connectivity index (χ1n) is 12.8. The normalized spacial score (nSPS) is 14.6. The van der Waals surface area contributed by atoms with Crippen LogP contribution in [-0.4, -0.2) is 28.8 Å². The number of rotatable bonds is 9. The highest BCUT2D eigenvalue weighted by Gasteiger charge is 2.32. The predicted octanol–water partition coefficient (Wildman–Crippen LogP) is 7.93. The molecule has 0 bridgehead atoms. The summed E-state index contributed by atoms with van der Waals surface area (Å²) in [6, 6.07) is 19.4. The molecule has 0 unspecified atom stereocenters. The zero-order chi connectivity index (χ0) is 27.1. The van der Waals surface area contributed by atoms with Gasteiger partial charge in [0.1, 0.15) is 6.04 Å². The van der Waals surface area contributed by atoms with Gasteiger partial charge in [-0.15, -0.1) is 0 Å². The van der Waals surface area contributed by atoms with Gasteiger partial charge in [0.15, 0.2) is 0 Å². The summed E-state index contributed by atoms with van der Waals surface area (Å²) >= 11 is 25.4. The Morgan fingerprint density at radius 3 is 2.13 bits per heavy atom. The van der Waals surface area contributed by atoms with Crippen LogP contribution in [0.4, 0.5) is 0 Å². The molecule has 0 spiro atoms. The number of nitrogens with zero attached hydrogens (tertiary/aromatic N) is 1. The number of carbonyl (C=O) groups excluding carboxylic acids is 2. The molecule has 1 aliphatic carbocycles. The number of benzene rings is 3. The van der Waals surface area contributed by atoms with Gasteiger partial charge >= 0.3 is 0 Å². The number of hydrogen-bond donors (Lipinski definition) is 1. The van der Waals surface area contributed by atoms with Gasteiger partial charge in [0.25, 0.3) is 0 Å². The quantitative estimate of drug-likeness (QED) is 0.275. The number of halogens is 4. The summed E-state index contributed by atoms with van der Waals surface area (Å²) in [5, 5.41) is 4.90. The summed E-state index contributed by atoms with van der Waals surface area (Å²) in [5.74, 6) is -0.412. The molecule has 1 aliphatic rings. The summed E-state index contributed by atoms with van der Waals surface area (Å²) < 4.78 is 0. The van der Waals surface area contributed by atoms with E-state index < -0.39 is 6.04 Å². The van der Waals surface area contributed by atoms with Gasteiger partial charge in [0.05, 0.1) is 16.5 Å². The highest BCUT2D eigenvalue weighted by Crippen LogP contribution is 2.29. The fourth-order valence-corrected chi connectivity index (χ4v) is 5.72. The number of hydrogen-bond acceptors (Lipinski definition) is 2. The molecule has 1 N–H and O–H groups in total. The van der Waals surface area contributed by atoms with E-state index in [1.807, 2.05) is 30.3 Å². The Morgan fingerprint density at radius 2 is 1.47 bits per heavy atom. The van der Waals surface area contributed by atoms with E-state index in [-0.39, 0.29) is 30.8 Å². The van der Waals surface area contributed by atoms with E-state index in [2.05, 4.69) is 5.32 Å². The van der Waals surface area contributed by atoms with Crippen LogP contribution in [0.1, 0.15) is 48.8 Å².